The molecule has 0 radical (unpaired) electrons. The topological polar surface area (TPSA) is 143 Å². The van der Waals surface area contributed by atoms with Gasteiger partial charge in [-0.2, -0.15) is 16.8 Å². The van der Waals surface area contributed by atoms with Crippen LogP contribution in [0, 0.1) is 0 Å². The minimum Gasteiger partial charge on any atom is -0.282 e. The van der Waals surface area contributed by atoms with Gasteiger partial charge >= 0.3 is 0 Å². The molecule has 0 spiro atoms. The molecule has 1 aromatic carbocycles. The summed E-state index contributed by atoms with van der Waals surface area (Å²) in [5.41, 5.74) is 0. The number of hydrogen-bond donors (Lipinski definition) is 2. The van der Waals surface area contributed by atoms with Gasteiger partial charge in [0.05, 0.1) is 9.79 Å². The van der Waals surface area contributed by atoms with Crippen LogP contribution < -0.4 is 0 Å². The predicted octanol–water partition coefficient (Wildman–Crippen LogP) is 0.0972. The predicted molar refractivity (Wildman–Crippen MR) is 63.5 cm³/mol. The van der Waals surface area contributed by atoms with Gasteiger partial charge in [0, 0.05) is 5.41 Å². The zero-order valence-corrected chi connectivity index (χ0v) is 11.5. The first-order valence-corrected chi connectivity index (χ1v) is 8.79. The second-order valence-electron chi connectivity index (χ2n) is 3.27. The van der Waals surface area contributed by atoms with Crippen LogP contribution in [0.3, 0.4) is 0 Å². The number of hydrogen-bond acceptors (Lipinski definition) is 6. The smallest absolute Gasteiger partial charge is 0.282 e. The molecule has 0 heterocycles. The van der Waals surface area contributed by atoms with E-state index in [1.807, 2.05) is 0 Å². The van der Waals surface area contributed by atoms with Crippen LogP contribution in [0.5, 0.6) is 0 Å². The summed E-state index contributed by atoms with van der Waals surface area (Å²) in [5, 5.41) is 0.435. The molecule has 0 aromatic heterocycles. The average molecular weight is 328 g/mol. The summed E-state index contributed by atoms with van der Waals surface area (Å²) >= 11 is 0. The fourth-order valence-corrected chi connectivity index (χ4v) is 3.80. The Bertz CT molecular complexity index is 830. The Hall–Kier alpha value is -1.27. The van der Waals surface area contributed by atoms with Crippen LogP contribution in [0.1, 0.15) is 0 Å². The lowest BCUT2D eigenvalue weighted by atomic mass is 10.4. The number of sulfone groups is 1. The fraction of sp³-hybridized carbons (Fsp3) is 0. The molecule has 0 aliphatic carbocycles. The Kier molecular flexibility index (Phi) is 3.89. The molecular formula is C8H8O8S3. The first-order valence-electron chi connectivity index (χ1n) is 4.36. The van der Waals surface area contributed by atoms with E-state index in [4.69, 9.17) is 9.11 Å². The molecule has 2 N–H and O–H groups in total. The van der Waals surface area contributed by atoms with Crippen molar-refractivity contribution in [1.29, 1.82) is 0 Å². The van der Waals surface area contributed by atoms with Crippen molar-refractivity contribution in [3.63, 3.8) is 0 Å². The maximum atomic E-state index is 11.5. The highest BCUT2D eigenvalue weighted by Gasteiger charge is 2.26. The Morgan fingerprint density at radius 3 is 1.79 bits per heavy atom. The second kappa shape index (κ2) is 4.68. The molecule has 0 amide bonds. The van der Waals surface area contributed by atoms with Crippen LogP contribution in [0.2, 0.25) is 0 Å². The van der Waals surface area contributed by atoms with Crippen LogP contribution >= 0.6 is 0 Å². The molecular weight excluding hydrogens is 320 g/mol. The van der Waals surface area contributed by atoms with E-state index < -0.39 is 44.8 Å². The third kappa shape index (κ3) is 3.39. The van der Waals surface area contributed by atoms with Gasteiger partial charge in [0.1, 0.15) is 4.90 Å². The summed E-state index contributed by atoms with van der Waals surface area (Å²) in [5.74, 6) is 0. The van der Waals surface area contributed by atoms with Crippen LogP contribution in [-0.4, -0.2) is 34.4 Å². The number of benzene rings is 1. The van der Waals surface area contributed by atoms with Crippen molar-refractivity contribution in [2.75, 3.05) is 0 Å². The third-order valence-corrected chi connectivity index (χ3v) is 5.30. The van der Waals surface area contributed by atoms with Crippen molar-refractivity contribution in [2.24, 2.45) is 0 Å². The Morgan fingerprint density at radius 2 is 1.42 bits per heavy atom. The first-order chi connectivity index (χ1) is 8.39. The molecule has 0 bridgehead atoms. The molecule has 0 saturated carbocycles. The van der Waals surface area contributed by atoms with E-state index in [1.165, 1.54) is 0 Å². The molecule has 11 heteroatoms. The van der Waals surface area contributed by atoms with Crippen molar-refractivity contribution in [2.45, 2.75) is 14.7 Å². The van der Waals surface area contributed by atoms with Gasteiger partial charge in [-0.15, -0.1) is 0 Å². The maximum Gasteiger partial charge on any atom is 0.295 e. The van der Waals surface area contributed by atoms with Gasteiger partial charge in [-0.1, -0.05) is 6.58 Å². The molecule has 0 unspecified atom stereocenters. The van der Waals surface area contributed by atoms with Crippen molar-refractivity contribution in [3.05, 3.63) is 30.2 Å². The summed E-state index contributed by atoms with van der Waals surface area (Å²) in [7, 11) is -14.0. The van der Waals surface area contributed by atoms with Crippen molar-refractivity contribution < 1.29 is 34.4 Å². The zero-order valence-electron chi connectivity index (χ0n) is 9.09. The van der Waals surface area contributed by atoms with E-state index in [0.29, 0.717) is 23.6 Å². The Morgan fingerprint density at radius 1 is 0.895 bits per heavy atom. The quantitative estimate of drug-likeness (QED) is 0.741. The highest BCUT2D eigenvalue weighted by atomic mass is 32.2. The first kappa shape index (κ1) is 15.8. The summed E-state index contributed by atoms with van der Waals surface area (Å²) in [6, 6.07) is 1.64. The lowest BCUT2D eigenvalue weighted by Gasteiger charge is -2.07. The normalized spacial score (nSPS) is 13.2. The minimum atomic E-state index is -5.01. The van der Waals surface area contributed by atoms with Crippen LogP contribution in [-0.2, 0) is 30.1 Å². The summed E-state index contributed by atoms with van der Waals surface area (Å²) in [6.07, 6.45) is 0. The molecule has 0 aliphatic rings. The van der Waals surface area contributed by atoms with E-state index in [-0.39, 0.29) is 0 Å². The molecule has 0 fully saturated rings. The Balaban J connectivity index is 3.86. The highest BCUT2D eigenvalue weighted by molar-refractivity contribution is 7.95. The van der Waals surface area contributed by atoms with Gasteiger partial charge < -0.3 is 0 Å². The molecule has 1 aromatic rings. The van der Waals surface area contributed by atoms with Crippen molar-refractivity contribution in [3.8, 4) is 0 Å². The van der Waals surface area contributed by atoms with Gasteiger partial charge in [-0.25, -0.2) is 8.42 Å². The summed E-state index contributed by atoms with van der Waals surface area (Å²) < 4.78 is 84.6. The van der Waals surface area contributed by atoms with Crippen LogP contribution in [0.25, 0.3) is 0 Å². The molecule has 0 aliphatic heterocycles. The average Bonchev–Trinajstić information content (AvgIpc) is 2.26. The lowest BCUT2D eigenvalue weighted by molar-refractivity contribution is 0.478. The van der Waals surface area contributed by atoms with E-state index >= 15 is 0 Å². The van der Waals surface area contributed by atoms with Crippen molar-refractivity contribution >= 4 is 30.1 Å². The van der Waals surface area contributed by atoms with E-state index in [0.717, 1.165) is 0 Å². The molecule has 0 atom stereocenters. The van der Waals surface area contributed by atoms with E-state index in [2.05, 4.69) is 6.58 Å². The summed E-state index contributed by atoms with van der Waals surface area (Å²) in [4.78, 5) is -2.89. The SMILES string of the molecule is C=CS(=O)(=O)c1ccc(S(=O)(=O)O)cc1S(=O)(=O)O. The van der Waals surface area contributed by atoms with E-state index in [9.17, 15) is 25.3 Å². The van der Waals surface area contributed by atoms with Gasteiger partial charge in [-0.3, -0.25) is 9.11 Å². The van der Waals surface area contributed by atoms with Crippen LogP contribution in [0.4, 0.5) is 0 Å². The molecule has 0 saturated heterocycles. The molecule has 106 valence electrons. The molecule has 19 heavy (non-hydrogen) atoms. The standard InChI is InChI=1S/C8H8O8S3/c1-2-17(9,10)7-4-3-6(18(11,12)13)5-8(7)19(14,15)16/h2-5H,1H2,(H,11,12,13)(H,14,15,16). The number of rotatable bonds is 4. The zero-order chi connectivity index (χ0) is 15.1. The third-order valence-electron chi connectivity index (χ3n) is 2.02. The van der Waals surface area contributed by atoms with Crippen molar-refractivity contribution in [1.82, 2.24) is 0 Å². The molecule has 8 nitrogen and oxygen atoms in total. The second-order valence-corrected chi connectivity index (χ2v) is 7.95. The van der Waals surface area contributed by atoms with E-state index in [1.54, 1.807) is 0 Å². The summed E-state index contributed by atoms with van der Waals surface area (Å²) in [6.45, 7) is 2.97. The van der Waals surface area contributed by atoms with Gasteiger partial charge in [0.25, 0.3) is 20.2 Å². The monoisotopic (exact) mass is 328 g/mol. The van der Waals surface area contributed by atoms with Gasteiger partial charge in [-0.05, 0) is 18.2 Å². The molecule has 1 rings (SSSR count). The van der Waals surface area contributed by atoms with Crippen LogP contribution in [0.15, 0.2) is 44.9 Å². The lowest BCUT2D eigenvalue weighted by Crippen LogP contribution is -2.09. The fourth-order valence-electron chi connectivity index (χ4n) is 1.18. The minimum absolute atomic E-state index is 0.334. The largest absolute Gasteiger partial charge is 0.295 e. The highest BCUT2D eigenvalue weighted by Crippen LogP contribution is 2.25. The Labute approximate surface area is 109 Å². The van der Waals surface area contributed by atoms with Gasteiger partial charge in [0.15, 0.2) is 0 Å². The van der Waals surface area contributed by atoms with Gasteiger partial charge in [0.2, 0.25) is 9.84 Å². The maximum absolute atomic E-state index is 11.5.